The number of benzene rings is 1. The van der Waals surface area contributed by atoms with Crippen LogP contribution >= 0.6 is 11.3 Å². The van der Waals surface area contributed by atoms with Crippen molar-refractivity contribution >= 4 is 46.0 Å². The number of thiazole rings is 1. The van der Waals surface area contributed by atoms with Crippen LogP contribution in [0.2, 0.25) is 0 Å². The Morgan fingerprint density at radius 1 is 1.17 bits per heavy atom. The second-order valence-electron chi connectivity index (χ2n) is 6.72. The Bertz CT molecular complexity index is 965. The number of esters is 1. The zero-order valence-corrected chi connectivity index (χ0v) is 16.5. The van der Waals surface area contributed by atoms with Crippen molar-refractivity contribution in [3.63, 3.8) is 0 Å². The summed E-state index contributed by atoms with van der Waals surface area (Å²) in [6, 6.07) is 4.66. The number of aromatic nitrogens is 1. The lowest BCUT2D eigenvalue weighted by atomic mass is 9.94. The monoisotopic (exact) mass is 416 g/mol. The summed E-state index contributed by atoms with van der Waals surface area (Å²) in [5.74, 6) is -0.990. The van der Waals surface area contributed by atoms with Gasteiger partial charge in [-0.2, -0.15) is 0 Å². The largest absolute Gasteiger partial charge is 0.412 e. The molecule has 2 aromatic rings. The van der Waals surface area contributed by atoms with Crippen LogP contribution in [0.1, 0.15) is 52.1 Å². The Morgan fingerprint density at radius 3 is 2.59 bits per heavy atom. The van der Waals surface area contributed by atoms with Gasteiger partial charge in [-0.1, -0.05) is 24.5 Å². The molecule has 0 radical (unpaired) electrons. The smallest absolute Gasteiger partial charge is 0.372 e. The summed E-state index contributed by atoms with van der Waals surface area (Å²) in [7, 11) is 0. The summed E-state index contributed by atoms with van der Waals surface area (Å²) in [6.07, 6.45) is 2.56. The molecule has 1 aromatic carbocycles. The van der Waals surface area contributed by atoms with Crippen molar-refractivity contribution in [2.45, 2.75) is 32.6 Å². The highest BCUT2D eigenvalue weighted by Gasteiger charge is 2.26. The van der Waals surface area contributed by atoms with Crippen LogP contribution in [0.3, 0.4) is 0 Å². The van der Waals surface area contributed by atoms with Gasteiger partial charge < -0.3 is 15.8 Å². The van der Waals surface area contributed by atoms with Crippen LogP contribution in [0.25, 0.3) is 0 Å². The van der Waals surface area contributed by atoms with Crippen molar-refractivity contribution in [3.8, 4) is 0 Å². The van der Waals surface area contributed by atoms with Crippen LogP contribution in [-0.2, 0) is 4.74 Å². The number of urea groups is 1. The van der Waals surface area contributed by atoms with Crippen molar-refractivity contribution in [2.24, 2.45) is 11.7 Å². The molecule has 4 N–H and O–H groups in total. The van der Waals surface area contributed by atoms with E-state index in [4.69, 9.17) is 5.73 Å². The summed E-state index contributed by atoms with van der Waals surface area (Å²) < 4.78 is 4.23. The Labute approximate surface area is 170 Å². The van der Waals surface area contributed by atoms with E-state index in [0.29, 0.717) is 11.3 Å². The van der Waals surface area contributed by atoms with Crippen LogP contribution in [0.15, 0.2) is 23.6 Å². The number of ether oxygens (including phenoxy) is 1. The molecule has 1 heterocycles. The second-order valence-corrected chi connectivity index (χ2v) is 7.58. The van der Waals surface area contributed by atoms with Crippen molar-refractivity contribution < 1.29 is 23.9 Å². The van der Waals surface area contributed by atoms with E-state index in [1.807, 2.05) is 13.0 Å². The highest BCUT2D eigenvalue weighted by Crippen LogP contribution is 2.31. The van der Waals surface area contributed by atoms with Gasteiger partial charge in [-0.15, -0.1) is 11.3 Å². The summed E-state index contributed by atoms with van der Waals surface area (Å²) in [4.78, 5) is 51.3. The van der Waals surface area contributed by atoms with E-state index in [1.54, 1.807) is 12.1 Å². The van der Waals surface area contributed by atoms with Gasteiger partial charge in [0.2, 0.25) is 0 Å². The number of aryl methyl sites for hydroxylation is 1. The molecule has 0 aliphatic heterocycles. The average molecular weight is 416 g/mol. The first-order chi connectivity index (χ1) is 13.8. The van der Waals surface area contributed by atoms with Crippen molar-refractivity contribution in [1.82, 2.24) is 4.98 Å². The van der Waals surface area contributed by atoms with E-state index in [-0.39, 0.29) is 22.5 Å². The van der Waals surface area contributed by atoms with Gasteiger partial charge in [-0.25, -0.2) is 19.4 Å². The molecule has 3 amide bonds. The topological polar surface area (TPSA) is 140 Å². The highest BCUT2D eigenvalue weighted by molar-refractivity contribution is 7.14. The molecule has 9 nitrogen and oxygen atoms in total. The maximum atomic E-state index is 12.9. The molecule has 29 heavy (non-hydrogen) atoms. The minimum Gasteiger partial charge on any atom is -0.372 e. The van der Waals surface area contributed by atoms with Gasteiger partial charge in [0.25, 0.3) is 0 Å². The van der Waals surface area contributed by atoms with Crippen LogP contribution in [0, 0.1) is 12.8 Å². The maximum absolute atomic E-state index is 12.9. The van der Waals surface area contributed by atoms with Crippen molar-refractivity contribution in [3.05, 3.63) is 40.4 Å². The molecule has 0 unspecified atom stereocenters. The highest BCUT2D eigenvalue weighted by atomic mass is 32.1. The third-order valence-electron chi connectivity index (χ3n) is 4.54. The molecule has 1 aromatic heterocycles. The zero-order chi connectivity index (χ0) is 21.0. The Kier molecular flexibility index (Phi) is 6.23. The number of hydrogen-bond donors (Lipinski definition) is 3. The Morgan fingerprint density at radius 2 is 1.90 bits per heavy atom. The summed E-state index contributed by atoms with van der Waals surface area (Å²) in [6.45, 7) is 1.89. The van der Waals surface area contributed by atoms with Crippen molar-refractivity contribution in [1.29, 1.82) is 0 Å². The molecule has 10 heteroatoms. The van der Waals surface area contributed by atoms with Gasteiger partial charge in [-0.05, 0) is 31.9 Å². The van der Waals surface area contributed by atoms with Gasteiger partial charge in [0.05, 0.1) is 5.69 Å². The molecule has 1 saturated carbocycles. The van der Waals surface area contributed by atoms with E-state index in [2.05, 4.69) is 20.4 Å². The number of nitrogens with zero attached hydrogens (tertiary/aromatic N) is 1. The second kappa shape index (κ2) is 8.82. The Balaban J connectivity index is 1.69. The minimum absolute atomic E-state index is 0.0156. The van der Waals surface area contributed by atoms with Crippen LogP contribution in [-0.4, -0.2) is 28.9 Å². The van der Waals surface area contributed by atoms with E-state index in [1.165, 1.54) is 5.38 Å². The summed E-state index contributed by atoms with van der Waals surface area (Å²) in [5.41, 5.74) is 6.45. The number of carbonyl (C=O) groups is 4. The summed E-state index contributed by atoms with van der Waals surface area (Å²) in [5, 5.41) is 6.60. The fraction of sp³-hybridized carbons (Fsp3) is 0.316. The quantitative estimate of drug-likeness (QED) is 0.385. The molecule has 1 aliphatic rings. The molecule has 152 valence electrons. The molecule has 0 spiro atoms. The molecule has 0 bridgehead atoms. The fourth-order valence-electron chi connectivity index (χ4n) is 3.20. The van der Waals surface area contributed by atoms with E-state index >= 15 is 0 Å². The molecule has 0 saturated heterocycles. The predicted octanol–water partition coefficient (Wildman–Crippen LogP) is 3.70. The van der Waals surface area contributed by atoms with Gasteiger partial charge in [0.15, 0.2) is 16.6 Å². The third-order valence-corrected chi connectivity index (χ3v) is 5.30. The molecule has 3 rings (SSSR count). The van der Waals surface area contributed by atoms with Gasteiger partial charge in [-0.3, -0.25) is 10.1 Å². The SMILES string of the molecule is Cc1ccc(NC(=O)Nc2nc(C(=O)OC(N)=O)cs2)c(C(=O)C2CCCC2)c1. The van der Waals surface area contributed by atoms with Crippen molar-refractivity contribution in [2.75, 3.05) is 10.6 Å². The fourth-order valence-corrected chi connectivity index (χ4v) is 3.87. The van der Waals surface area contributed by atoms with Crippen LogP contribution in [0.5, 0.6) is 0 Å². The molecule has 1 fully saturated rings. The van der Waals surface area contributed by atoms with Crippen LogP contribution in [0.4, 0.5) is 20.4 Å². The van der Waals surface area contributed by atoms with E-state index in [0.717, 1.165) is 42.6 Å². The number of nitrogens with one attached hydrogen (secondary N) is 2. The van der Waals surface area contributed by atoms with Crippen LogP contribution < -0.4 is 16.4 Å². The first-order valence-corrected chi connectivity index (χ1v) is 9.91. The molecular weight excluding hydrogens is 396 g/mol. The number of anilines is 2. The van der Waals surface area contributed by atoms with E-state index in [9.17, 15) is 19.2 Å². The number of carbonyl (C=O) groups excluding carboxylic acids is 4. The zero-order valence-electron chi connectivity index (χ0n) is 15.7. The lowest BCUT2D eigenvalue weighted by molar-refractivity contribution is 0.0632. The number of Topliss-reactive ketones (excluding diaryl/α,β-unsaturated/α-hetero) is 1. The standard InChI is InChI=1S/C19H20N4O5S/c1-10-6-7-13(12(8-10)15(24)11-4-2-3-5-11)21-18(27)23-19-22-14(9-29-19)16(25)28-17(20)26/h6-9,11H,2-5H2,1H3,(H2,20,26)(H2,21,22,23,27). The van der Waals surface area contributed by atoms with Gasteiger partial charge in [0.1, 0.15) is 0 Å². The minimum atomic E-state index is -1.24. The number of amides is 3. The maximum Gasteiger partial charge on any atom is 0.412 e. The number of primary amides is 1. The predicted molar refractivity (Wildman–Crippen MR) is 107 cm³/mol. The Hall–Kier alpha value is -3.27. The number of hydrogen-bond acceptors (Lipinski definition) is 7. The lowest BCUT2D eigenvalue weighted by Gasteiger charge is -2.14. The number of nitrogens with two attached hydrogens (primary N) is 1. The molecule has 1 aliphatic carbocycles. The first kappa shape index (κ1) is 20.5. The van der Waals surface area contributed by atoms with Gasteiger partial charge >= 0.3 is 18.1 Å². The van der Waals surface area contributed by atoms with Gasteiger partial charge in [0, 0.05) is 16.9 Å². The average Bonchev–Trinajstić information content (AvgIpc) is 3.34. The number of rotatable bonds is 5. The van der Waals surface area contributed by atoms with E-state index < -0.39 is 18.1 Å². The summed E-state index contributed by atoms with van der Waals surface area (Å²) >= 11 is 0.974. The lowest BCUT2D eigenvalue weighted by Crippen LogP contribution is -2.22. The molecular formula is C19H20N4O5S. The number of ketones is 1. The normalized spacial score (nSPS) is 13.7. The first-order valence-electron chi connectivity index (χ1n) is 9.03. The molecule has 0 atom stereocenters. The third kappa shape index (κ3) is 5.17.